The summed E-state index contributed by atoms with van der Waals surface area (Å²) in [4.78, 5) is 34.3. The van der Waals surface area contributed by atoms with Gasteiger partial charge in [0.2, 0.25) is 5.91 Å². The van der Waals surface area contributed by atoms with Crippen molar-refractivity contribution in [1.29, 1.82) is 0 Å². The fourth-order valence-electron chi connectivity index (χ4n) is 1.65. The van der Waals surface area contributed by atoms with Crippen molar-refractivity contribution in [2.45, 2.75) is 6.92 Å². The van der Waals surface area contributed by atoms with Crippen LogP contribution in [0.15, 0.2) is 29.8 Å². The van der Waals surface area contributed by atoms with Crippen LogP contribution in [0, 0.1) is 0 Å². The second kappa shape index (κ2) is 3.41. The molecule has 0 aromatic heterocycles. The molecule has 2 rings (SSSR count). The zero-order chi connectivity index (χ0) is 11.9. The summed E-state index contributed by atoms with van der Waals surface area (Å²) in [7, 11) is 0. The average molecular weight is 215 g/mol. The van der Waals surface area contributed by atoms with Crippen molar-refractivity contribution in [1.82, 2.24) is 0 Å². The third-order valence-corrected chi connectivity index (χ3v) is 2.52. The lowest BCUT2D eigenvalue weighted by Crippen LogP contribution is -2.18. The maximum absolute atomic E-state index is 11.7. The lowest BCUT2D eigenvalue weighted by molar-refractivity contribution is 0.0981. The molecular formula is C12H9NO3. The molecule has 0 fully saturated rings. The normalized spacial score (nSPS) is 14.4. The minimum atomic E-state index is -0.616. The standard InChI is InChI=1S/C12H9NO3/c1-6-4-10(14)9-5-7(12(13)16)2-3-8(9)11(6)15/h2-5H,1H3,(H2,13,16). The third-order valence-electron chi connectivity index (χ3n) is 2.52. The highest BCUT2D eigenvalue weighted by Gasteiger charge is 2.23. The predicted octanol–water partition coefficient (Wildman–Crippen LogP) is 1.11. The molecule has 0 saturated heterocycles. The van der Waals surface area contributed by atoms with Gasteiger partial charge in [-0.1, -0.05) is 0 Å². The minimum absolute atomic E-state index is 0.189. The number of ketones is 2. The quantitative estimate of drug-likeness (QED) is 0.762. The van der Waals surface area contributed by atoms with Gasteiger partial charge in [-0.2, -0.15) is 0 Å². The van der Waals surface area contributed by atoms with Crippen molar-refractivity contribution in [2.75, 3.05) is 0 Å². The molecule has 16 heavy (non-hydrogen) atoms. The van der Waals surface area contributed by atoms with Crippen LogP contribution in [-0.2, 0) is 0 Å². The van der Waals surface area contributed by atoms with Gasteiger partial charge in [0.15, 0.2) is 11.6 Å². The summed E-state index contributed by atoms with van der Waals surface area (Å²) in [6.45, 7) is 1.59. The van der Waals surface area contributed by atoms with E-state index in [-0.39, 0.29) is 22.7 Å². The molecule has 0 heterocycles. The Morgan fingerprint density at radius 2 is 1.88 bits per heavy atom. The number of benzene rings is 1. The van der Waals surface area contributed by atoms with E-state index in [1.165, 1.54) is 24.3 Å². The molecule has 0 radical (unpaired) electrons. The van der Waals surface area contributed by atoms with Crippen LogP contribution in [0.2, 0.25) is 0 Å². The van der Waals surface area contributed by atoms with Gasteiger partial charge in [0.05, 0.1) is 0 Å². The second-order valence-corrected chi connectivity index (χ2v) is 3.65. The molecule has 0 unspecified atom stereocenters. The fourth-order valence-corrected chi connectivity index (χ4v) is 1.65. The number of allylic oxidation sites excluding steroid dienone is 2. The summed E-state index contributed by atoms with van der Waals surface area (Å²) < 4.78 is 0. The number of carbonyl (C=O) groups is 3. The van der Waals surface area contributed by atoms with E-state index < -0.39 is 5.91 Å². The van der Waals surface area contributed by atoms with E-state index in [1.54, 1.807) is 6.92 Å². The Morgan fingerprint density at radius 1 is 1.19 bits per heavy atom. The number of nitrogens with two attached hydrogens (primary N) is 1. The van der Waals surface area contributed by atoms with Crippen LogP contribution < -0.4 is 5.73 Å². The lowest BCUT2D eigenvalue weighted by atomic mass is 9.89. The fraction of sp³-hybridized carbons (Fsp3) is 0.0833. The highest BCUT2D eigenvalue weighted by Crippen LogP contribution is 2.22. The molecule has 4 nitrogen and oxygen atoms in total. The number of rotatable bonds is 1. The average Bonchev–Trinajstić information content (AvgIpc) is 2.25. The van der Waals surface area contributed by atoms with E-state index in [9.17, 15) is 14.4 Å². The van der Waals surface area contributed by atoms with Gasteiger partial charge in [0, 0.05) is 22.3 Å². The Morgan fingerprint density at radius 3 is 2.50 bits per heavy atom. The number of hydrogen-bond donors (Lipinski definition) is 1. The Bertz CT molecular complexity index is 555. The van der Waals surface area contributed by atoms with E-state index in [0.29, 0.717) is 11.1 Å². The predicted molar refractivity (Wildman–Crippen MR) is 57.4 cm³/mol. The summed E-state index contributed by atoms with van der Waals surface area (Å²) in [6, 6.07) is 4.28. The number of primary amides is 1. The number of Topliss-reactive ketones (excluding diaryl/α,β-unsaturated/α-hetero) is 1. The molecule has 0 saturated carbocycles. The first-order valence-electron chi connectivity index (χ1n) is 4.72. The number of hydrogen-bond acceptors (Lipinski definition) is 3. The van der Waals surface area contributed by atoms with E-state index in [2.05, 4.69) is 0 Å². The maximum Gasteiger partial charge on any atom is 0.248 e. The van der Waals surface area contributed by atoms with E-state index in [4.69, 9.17) is 5.73 Å². The topological polar surface area (TPSA) is 77.2 Å². The van der Waals surface area contributed by atoms with Crippen LogP contribution in [0.4, 0.5) is 0 Å². The molecule has 0 aliphatic heterocycles. The Balaban J connectivity index is 2.64. The summed E-state index contributed by atoms with van der Waals surface area (Å²) in [5.74, 6) is -1.07. The van der Waals surface area contributed by atoms with Gasteiger partial charge in [-0.05, 0) is 31.2 Å². The smallest absolute Gasteiger partial charge is 0.248 e. The molecular weight excluding hydrogens is 206 g/mol. The molecule has 1 aliphatic rings. The summed E-state index contributed by atoms with van der Waals surface area (Å²) >= 11 is 0. The van der Waals surface area contributed by atoms with E-state index >= 15 is 0 Å². The van der Waals surface area contributed by atoms with Crippen LogP contribution in [0.5, 0.6) is 0 Å². The van der Waals surface area contributed by atoms with Gasteiger partial charge in [-0.15, -0.1) is 0 Å². The van der Waals surface area contributed by atoms with Crippen molar-refractivity contribution in [2.24, 2.45) is 5.73 Å². The van der Waals surface area contributed by atoms with Crippen LogP contribution in [0.1, 0.15) is 38.0 Å². The van der Waals surface area contributed by atoms with Gasteiger partial charge in [-0.3, -0.25) is 14.4 Å². The van der Waals surface area contributed by atoms with E-state index in [0.717, 1.165) is 0 Å². The monoisotopic (exact) mass is 215 g/mol. The molecule has 1 aromatic rings. The van der Waals surface area contributed by atoms with Gasteiger partial charge in [0.25, 0.3) is 0 Å². The molecule has 80 valence electrons. The molecule has 1 aliphatic carbocycles. The van der Waals surface area contributed by atoms with Gasteiger partial charge in [-0.25, -0.2) is 0 Å². The molecule has 1 amide bonds. The van der Waals surface area contributed by atoms with Crippen LogP contribution in [0.25, 0.3) is 0 Å². The molecule has 0 atom stereocenters. The Hall–Kier alpha value is -2.23. The first-order valence-corrected chi connectivity index (χ1v) is 4.72. The van der Waals surface area contributed by atoms with Crippen molar-refractivity contribution in [3.8, 4) is 0 Å². The van der Waals surface area contributed by atoms with Crippen molar-refractivity contribution in [3.63, 3.8) is 0 Å². The summed E-state index contributed by atoms with van der Waals surface area (Å²) in [6.07, 6.45) is 1.27. The molecule has 0 bridgehead atoms. The third kappa shape index (κ3) is 1.44. The highest BCUT2D eigenvalue weighted by atomic mass is 16.1. The summed E-state index contributed by atoms with van der Waals surface area (Å²) in [5.41, 5.74) is 6.31. The summed E-state index contributed by atoms with van der Waals surface area (Å²) in [5, 5.41) is 0. The highest BCUT2D eigenvalue weighted by molar-refractivity contribution is 6.24. The zero-order valence-corrected chi connectivity index (χ0v) is 8.61. The van der Waals surface area contributed by atoms with Gasteiger partial charge < -0.3 is 5.73 Å². The van der Waals surface area contributed by atoms with Crippen molar-refractivity contribution in [3.05, 3.63) is 46.5 Å². The molecule has 1 aromatic carbocycles. The number of fused-ring (bicyclic) bond motifs is 1. The van der Waals surface area contributed by atoms with Gasteiger partial charge >= 0.3 is 0 Å². The Labute approximate surface area is 91.8 Å². The zero-order valence-electron chi connectivity index (χ0n) is 8.61. The Kier molecular flexibility index (Phi) is 2.20. The molecule has 2 N–H and O–H groups in total. The molecule has 0 spiro atoms. The number of amides is 1. The maximum atomic E-state index is 11.7. The van der Waals surface area contributed by atoms with Crippen LogP contribution in [0.3, 0.4) is 0 Å². The largest absolute Gasteiger partial charge is 0.366 e. The minimum Gasteiger partial charge on any atom is -0.366 e. The van der Waals surface area contributed by atoms with Crippen LogP contribution >= 0.6 is 0 Å². The van der Waals surface area contributed by atoms with Crippen molar-refractivity contribution < 1.29 is 14.4 Å². The van der Waals surface area contributed by atoms with Crippen molar-refractivity contribution >= 4 is 17.5 Å². The first-order chi connectivity index (χ1) is 7.50. The first kappa shape index (κ1) is 10.3. The second-order valence-electron chi connectivity index (χ2n) is 3.65. The van der Waals surface area contributed by atoms with E-state index in [1.807, 2.05) is 0 Å². The lowest BCUT2D eigenvalue weighted by Gasteiger charge is -2.12. The SMILES string of the molecule is CC1=CC(=O)c2cc(C(N)=O)ccc2C1=O. The number of carbonyl (C=O) groups excluding carboxylic acids is 3. The molecule has 4 heteroatoms. The van der Waals surface area contributed by atoms with Crippen LogP contribution in [-0.4, -0.2) is 17.5 Å². The van der Waals surface area contributed by atoms with Gasteiger partial charge in [0.1, 0.15) is 0 Å².